The molecule has 10 nitrogen and oxygen atoms in total. The predicted molar refractivity (Wildman–Crippen MR) is 150 cm³/mol. The molecule has 2 N–H and O–H groups in total. The van der Waals surface area contributed by atoms with Crippen molar-refractivity contribution in [3.63, 3.8) is 0 Å². The highest BCUT2D eigenvalue weighted by molar-refractivity contribution is 7.98. The van der Waals surface area contributed by atoms with E-state index in [0.717, 1.165) is 55.1 Å². The number of carbonyl (C=O) groups excluding carboxylic acids is 1. The number of thioether (sulfide) groups is 1. The third-order valence-corrected chi connectivity index (χ3v) is 7.27. The number of fused-ring (bicyclic) bond motifs is 1. The second-order valence-electron chi connectivity index (χ2n) is 9.16. The summed E-state index contributed by atoms with van der Waals surface area (Å²) in [5, 5.41) is 3.48. The van der Waals surface area contributed by atoms with Gasteiger partial charge in [-0.05, 0) is 24.1 Å². The number of rotatable bonds is 13. The van der Waals surface area contributed by atoms with Crippen LogP contribution in [0, 0.1) is 0 Å². The van der Waals surface area contributed by atoms with E-state index in [9.17, 15) is 4.79 Å². The molecule has 3 aromatic rings. The number of morpholine rings is 1. The van der Waals surface area contributed by atoms with E-state index < -0.39 is 6.09 Å². The van der Waals surface area contributed by atoms with Gasteiger partial charge in [0.15, 0.2) is 16.6 Å². The van der Waals surface area contributed by atoms with Crippen LogP contribution in [0.4, 0.5) is 16.3 Å². The quantitative estimate of drug-likeness (QED) is 0.162. The lowest BCUT2D eigenvalue weighted by Gasteiger charge is -2.28. The lowest BCUT2D eigenvalue weighted by atomic mass is 10.2. The number of H-pyrrole nitrogens is 1. The van der Waals surface area contributed by atoms with Crippen LogP contribution in [0.1, 0.15) is 57.3 Å². The average molecular weight is 543 g/mol. The summed E-state index contributed by atoms with van der Waals surface area (Å²) in [5.41, 5.74) is 3.12. The van der Waals surface area contributed by atoms with Gasteiger partial charge in [0.1, 0.15) is 17.1 Å². The monoisotopic (exact) mass is 542 g/mol. The Kier molecular flexibility index (Phi) is 10.5. The Labute approximate surface area is 228 Å². The maximum absolute atomic E-state index is 12.4. The van der Waals surface area contributed by atoms with Crippen molar-refractivity contribution in [1.82, 2.24) is 19.9 Å². The summed E-state index contributed by atoms with van der Waals surface area (Å²) in [6.07, 6.45) is 5.82. The molecule has 0 saturated carbocycles. The van der Waals surface area contributed by atoms with Crippen LogP contribution in [-0.2, 0) is 21.6 Å². The van der Waals surface area contributed by atoms with Crippen LogP contribution in [0.25, 0.3) is 11.2 Å². The summed E-state index contributed by atoms with van der Waals surface area (Å²) < 4.78 is 16.3. The van der Waals surface area contributed by atoms with Gasteiger partial charge in [0, 0.05) is 25.3 Å². The van der Waals surface area contributed by atoms with Crippen molar-refractivity contribution in [3.05, 3.63) is 29.6 Å². The molecule has 1 aliphatic heterocycles. The first kappa shape index (κ1) is 28.0. The minimum absolute atomic E-state index is 0.408. The summed E-state index contributed by atoms with van der Waals surface area (Å²) in [6.45, 7) is 7.55. The van der Waals surface area contributed by atoms with Gasteiger partial charge in [0.2, 0.25) is 0 Å². The number of anilines is 2. The standard InChI is InChI=1S/C27H38N6O4S/c1-4-6-7-8-9-14-37-27(34)28-20-17-19(10-11-21(20)35-3)18-38-26-31-24-23(29-22(5-2)30-24)25(32-26)33-12-15-36-16-13-33/h10-11,17H,4-9,12-16,18H2,1-3H3,(H,28,34)(H,29,30,31,32). The fourth-order valence-electron chi connectivity index (χ4n) is 4.25. The highest BCUT2D eigenvalue weighted by atomic mass is 32.2. The lowest BCUT2D eigenvalue weighted by molar-refractivity contribution is 0.122. The van der Waals surface area contributed by atoms with E-state index in [2.05, 4.69) is 34.0 Å². The number of ether oxygens (including phenoxy) is 3. The van der Waals surface area contributed by atoms with Crippen molar-refractivity contribution in [1.29, 1.82) is 0 Å². The van der Waals surface area contributed by atoms with Crippen LogP contribution >= 0.6 is 11.8 Å². The normalized spacial score (nSPS) is 13.6. The predicted octanol–water partition coefficient (Wildman–Crippen LogP) is 5.57. The first-order valence-electron chi connectivity index (χ1n) is 13.4. The third-order valence-electron chi connectivity index (χ3n) is 6.36. The van der Waals surface area contributed by atoms with Gasteiger partial charge in [-0.3, -0.25) is 5.32 Å². The molecule has 2 aromatic heterocycles. The van der Waals surface area contributed by atoms with Crippen molar-refractivity contribution < 1.29 is 19.0 Å². The van der Waals surface area contributed by atoms with E-state index in [0.29, 0.717) is 47.8 Å². The number of amides is 1. The number of unbranched alkanes of at least 4 members (excludes halogenated alkanes) is 4. The summed E-state index contributed by atoms with van der Waals surface area (Å²) >= 11 is 1.53. The van der Waals surface area contributed by atoms with Crippen molar-refractivity contribution in [2.75, 3.05) is 50.2 Å². The van der Waals surface area contributed by atoms with Crippen LogP contribution in [0.2, 0.25) is 0 Å². The first-order valence-corrected chi connectivity index (χ1v) is 14.4. The second-order valence-corrected chi connectivity index (χ2v) is 10.1. The number of aromatic amines is 1. The molecule has 0 spiro atoms. The number of benzene rings is 1. The summed E-state index contributed by atoms with van der Waals surface area (Å²) in [4.78, 5) is 32.2. The Bertz CT molecular complexity index is 1200. The number of carbonyl (C=O) groups is 1. The van der Waals surface area contributed by atoms with Gasteiger partial charge in [-0.15, -0.1) is 0 Å². The molecule has 206 valence electrons. The molecule has 1 aliphatic rings. The van der Waals surface area contributed by atoms with Crippen LogP contribution in [-0.4, -0.2) is 66.0 Å². The Morgan fingerprint density at radius 2 is 1.95 bits per heavy atom. The maximum Gasteiger partial charge on any atom is 0.411 e. The maximum atomic E-state index is 12.4. The Hall–Kier alpha value is -3.05. The molecule has 0 unspecified atom stereocenters. The van der Waals surface area contributed by atoms with Crippen molar-refractivity contribution in [2.45, 2.75) is 63.3 Å². The molecule has 4 rings (SSSR count). The zero-order chi connectivity index (χ0) is 26.7. The highest BCUT2D eigenvalue weighted by Gasteiger charge is 2.20. The molecule has 0 atom stereocenters. The average Bonchev–Trinajstić information content (AvgIpc) is 3.37. The van der Waals surface area contributed by atoms with Crippen molar-refractivity contribution >= 4 is 40.5 Å². The van der Waals surface area contributed by atoms with Gasteiger partial charge in [0.25, 0.3) is 0 Å². The van der Waals surface area contributed by atoms with Gasteiger partial charge in [-0.1, -0.05) is 57.4 Å². The smallest absolute Gasteiger partial charge is 0.411 e. The second kappa shape index (κ2) is 14.2. The first-order chi connectivity index (χ1) is 18.6. The molecular weight excluding hydrogens is 504 g/mol. The minimum Gasteiger partial charge on any atom is -0.495 e. The van der Waals surface area contributed by atoms with E-state index in [1.165, 1.54) is 31.0 Å². The lowest BCUT2D eigenvalue weighted by Crippen LogP contribution is -2.37. The molecule has 1 amide bonds. The number of hydrogen-bond donors (Lipinski definition) is 2. The SMILES string of the molecule is CCCCCCCOC(=O)Nc1cc(CSc2nc(N3CCOCC3)c3[nH]c(CC)nc3n2)ccc1OC. The molecule has 1 saturated heterocycles. The van der Waals surface area contributed by atoms with E-state index >= 15 is 0 Å². The number of hydrogen-bond acceptors (Lipinski definition) is 9. The van der Waals surface area contributed by atoms with Gasteiger partial charge >= 0.3 is 6.09 Å². The number of nitrogens with zero attached hydrogens (tertiary/aromatic N) is 4. The molecule has 0 aliphatic carbocycles. The fourth-order valence-corrected chi connectivity index (χ4v) is 5.03. The van der Waals surface area contributed by atoms with Crippen LogP contribution in [0.15, 0.2) is 23.4 Å². The van der Waals surface area contributed by atoms with Gasteiger partial charge < -0.3 is 24.1 Å². The Balaban J connectivity index is 1.43. The summed E-state index contributed by atoms with van der Waals surface area (Å²) in [5.74, 6) is 2.95. The molecule has 0 radical (unpaired) electrons. The minimum atomic E-state index is -0.474. The molecule has 1 aromatic carbocycles. The fraction of sp³-hybridized carbons (Fsp3) is 0.556. The van der Waals surface area contributed by atoms with E-state index in [4.69, 9.17) is 24.2 Å². The van der Waals surface area contributed by atoms with E-state index in [1.807, 2.05) is 18.2 Å². The van der Waals surface area contributed by atoms with Crippen LogP contribution in [0.3, 0.4) is 0 Å². The molecule has 11 heteroatoms. The number of methoxy groups -OCH3 is 1. The summed E-state index contributed by atoms with van der Waals surface area (Å²) in [6, 6.07) is 5.72. The zero-order valence-corrected chi connectivity index (χ0v) is 23.4. The Morgan fingerprint density at radius 3 is 2.71 bits per heavy atom. The largest absolute Gasteiger partial charge is 0.495 e. The topological polar surface area (TPSA) is 114 Å². The Morgan fingerprint density at radius 1 is 1.13 bits per heavy atom. The van der Waals surface area contributed by atoms with Crippen molar-refractivity contribution in [2.24, 2.45) is 0 Å². The van der Waals surface area contributed by atoms with Gasteiger partial charge in [-0.2, -0.15) is 0 Å². The highest BCUT2D eigenvalue weighted by Crippen LogP contribution is 2.31. The number of aromatic nitrogens is 4. The number of aryl methyl sites for hydroxylation is 1. The van der Waals surface area contributed by atoms with Crippen LogP contribution in [0.5, 0.6) is 5.75 Å². The van der Waals surface area contributed by atoms with E-state index in [1.54, 1.807) is 7.11 Å². The van der Waals surface area contributed by atoms with Gasteiger partial charge in [-0.25, -0.2) is 19.7 Å². The van der Waals surface area contributed by atoms with E-state index in [-0.39, 0.29) is 0 Å². The van der Waals surface area contributed by atoms with Gasteiger partial charge in [0.05, 0.1) is 32.6 Å². The van der Waals surface area contributed by atoms with Crippen molar-refractivity contribution in [3.8, 4) is 5.75 Å². The number of nitrogens with one attached hydrogen (secondary N) is 2. The zero-order valence-electron chi connectivity index (χ0n) is 22.5. The molecule has 3 heterocycles. The van der Waals surface area contributed by atoms with Crippen LogP contribution < -0.4 is 15.0 Å². The molecule has 0 bridgehead atoms. The molecular formula is C27H38N6O4S. The molecule has 38 heavy (non-hydrogen) atoms. The number of imidazole rings is 1. The third kappa shape index (κ3) is 7.50. The molecule has 1 fully saturated rings. The summed E-state index contributed by atoms with van der Waals surface area (Å²) in [7, 11) is 1.58.